The number of hydrogen-bond acceptors (Lipinski definition) is 3. The van der Waals surface area contributed by atoms with E-state index in [1.807, 2.05) is 31.2 Å². The Bertz CT molecular complexity index is 310. The molecule has 0 saturated carbocycles. The Morgan fingerprint density at radius 3 is 2.50 bits per heavy atom. The summed E-state index contributed by atoms with van der Waals surface area (Å²) in [7, 11) is 2.81. The highest BCUT2D eigenvalue weighted by Crippen LogP contribution is 2.22. The number of hydrogen-bond donors (Lipinski definition) is 0. The Balaban J connectivity index is 3.04. The zero-order valence-corrected chi connectivity index (χ0v) is 8.61. The molecule has 1 unspecified atom stereocenters. The van der Waals surface area contributed by atoms with Crippen LogP contribution in [0.4, 0.5) is 0 Å². The smallest absolute Gasteiger partial charge is 0.373 e. The third-order valence-electron chi connectivity index (χ3n) is 2.11. The molecule has 0 saturated heterocycles. The predicted molar refractivity (Wildman–Crippen MR) is 53.5 cm³/mol. The van der Waals surface area contributed by atoms with Crippen molar-refractivity contribution < 1.29 is 14.3 Å². The fraction of sp³-hybridized carbons (Fsp3) is 0.364. The first kappa shape index (κ1) is 10.6. The highest BCUT2D eigenvalue weighted by molar-refractivity contribution is 5.87. The van der Waals surface area contributed by atoms with Crippen LogP contribution in [0.25, 0.3) is 0 Å². The standard InChI is InChI=1S/C11H14O3/c1-8-6-4-5-7-9(8)10(13-2)11(12)14-3/h4-8H,1-3H3/b10-9+. The van der Waals surface area contributed by atoms with E-state index in [0.29, 0.717) is 0 Å². The van der Waals surface area contributed by atoms with Crippen molar-refractivity contribution in [3.8, 4) is 0 Å². The summed E-state index contributed by atoms with van der Waals surface area (Å²) in [5.41, 5.74) is 0.849. The molecule has 0 aromatic rings. The summed E-state index contributed by atoms with van der Waals surface area (Å²) in [5.74, 6) is 0.0175. The van der Waals surface area contributed by atoms with Crippen molar-refractivity contribution in [1.82, 2.24) is 0 Å². The zero-order valence-electron chi connectivity index (χ0n) is 8.61. The molecular formula is C11H14O3. The molecule has 3 heteroatoms. The van der Waals surface area contributed by atoms with Crippen LogP contribution in [0.2, 0.25) is 0 Å². The normalized spacial score (nSPS) is 23.2. The van der Waals surface area contributed by atoms with Gasteiger partial charge in [0.1, 0.15) is 0 Å². The second-order valence-electron chi connectivity index (χ2n) is 3.01. The Hall–Kier alpha value is -1.51. The van der Waals surface area contributed by atoms with Crippen LogP contribution in [0.5, 0.6) is 0 Å². The molecule has 1 atom stereocenters. The van der Waals surface area contributed by atoms with Crippen LogP contribution in [0.15, 0.2) is 35.6 Å². The summed E-state index contributed by atoms with van der Waals surface area (Å²) >= 11 is 0. The lowest BCUT2D eigenvalue weighted by Crippen LogP contribution is -2.12. The van der Waals surface area contributed by atoms with Crippen LogP contribution in [0.1, 0.15) is 6.92 Å². The van der Waals surface area contributed by atoms with E-state index < -0.39 is 5.97 Å². The summed E-state index contributed by atoms with van der Waals surface area (Å²) in [6.45, 7) is 2.00. The lowest BCUT2D eigenvalue weighted by molar-refractivity contribution is -0.139. The summed E-state index contributed by atoms with van der Waals surface area (Å²) in [4.78, 5) is 11.3. The van der Waals surface area contributed by atoms with Gasteiger partial charge in [-0.1, -0.05) is 31.2 Å². The van der Waals surface area contributed by atoms with Gasteiger partial charge in [-0.25, -0.2) is 4.79 Å². The largest absolute Gasteiger partial charge is 0.490 e. The molecule has 1 aliphatic carbocycles. The molecule has 0 bridgehead atoms. The minimum atomic E-state index is -0.436. The average Bonchev–Trinajstić information content (AvgIpc) is 2.21. The van der Waals surface area contributed by atoms with E-state index in [2.05, 4.69) is 4.74 Å². The summed E-state index contributed by atoms with van der Waals surface area (Å²) < 4.78 is 9.66. The Kier molecular flexibility index (Phi) is 3.51. The van der Waals surface area contributed by atoms with Gasteiger partial charge in [-0.3, -0.25) is 0 Å². The molecule has 0 heterocycles. The monoisotopic (exact) mass is 194 g/mol. The van der Waals surface area contributed by atoms with Crippen molar-refractivity contribution in [1.29, 1.82) is 0 Å². The van der Waals surface area contributed by atoms with Gasteiger partial charge in [0.2, 0.25) is 5.76 Å². The quantitative estimate of drug-likeness (QED) is 0.382. The summed E-state index contributed by atoms with van der Waals surface area (Å²) in [6.07, 6.45) is 7.67. The Morgan fingerprint density at radius 2 is 2.00 bits per heavy atom. The number of esters is 1. The molecule has 3 nitrogen and oxygen atoms in total. The molecule has 0 spiro atoms. The van der Waals surface area contributed by atoms with E-state index in [9.17, 15) is 4.79 Å². The molecule has 1 aliphatic rings. The number of carbonyl (C=O) groups is 1. The van der Waals surface area contributed by atoms with Crippen LogP contribution in [0.3, 0.4) is 0 Å². The SMILES string of the molecule is COC(=O)/C(OC)=C1/C=CC=CC1C. The molecule has 0 aliphatic heterocycles. The van der Waals surface area contributed by atoms with Gasteiger partial charge in [0, 0.05) is 11.5 Å². The predicted octanol–water partition coefficient (Wildman–Crippen LogP) is 1.82. The van der Waals surface area contributed by atoms with Gasteiger partial charge in [-0.05, 0) is 0 Å². The zero-order chi connectivity index (χ0) is 10.6. The Morgan fingerprint density at radius 1 is 1.29 bits per heavy atom. The molecule has 0 radical (unpaired) electrons. The maximum atomic E-state index is 11.3. The maximum absolute atomic E-state index is 11.3. The van der Waals surface area contributed by atoms with Crippen molar-refractivity contribution in [2.75, 3.05) is 14.2 Å². The van der Waals surface area contributed by atoms with Crippen molar-refractivity contribution in [3.63, 3.8) is 0 Å². The molecular weight excluding hydrogens is 180 g/mol. The maximum Gasteiger partial charge on any atom is 0.373 e. The van der Waals surface area contributed by atoms with Crippen LogP contribution in [0, 0.1) is 5.92 Å². The first-order chi connectivity index (χ1) is 6.70. The first-order valence-corrected chi connectivity index (χ1v) is 4.42. The summed E-state index contributed by atoms with van der Waals surface area (Å²) in [5, 5.41) is 0. The number of allylic oxidation sites excluding steroid dienone is 5. The van der Waals surface area contributed by atoms with Crippen LogP contribution >= 0.6 is 0 Å². The van der Waals surface area contributed by atoms with E-state index >= 15 is 0 Å². The van der Waals surface area contributed by atoms with E-state index in [4.69, 9.17) is 4.74 Å². The van der Waals surface area contributed by atoms with Gasteiger partial charge >= 0.3 is 5.97 Å². The molecule has 0 aromatic carbocycles. The summed E-state index contributed by atoms with van der Waals surface area (Å²) in [6, 6.07) is 0. The average molecular weight is 194 g/mol. The third-order valence-corrected chi connectivity index (χ3v) is 2.11. The van der Waals surface area contributed by atoms with E-state index in [-0.39, 0.29) is 11.7 Å². The number of methoxy groups -OCH3 is 2. The van der Waals surface area contributed by atoms with Crippen LogP contribution < -0.4 is 0 Å². The third kappa shape index (κ3) is 2.05. The molecule has 0 N–H and O–H groups in total. The van der Waals surface area contributed by atoms with Gasteiger partial charge in [0.05, 0.1) is 14.2 Å². The van der Waals surface area contributed by atoms with Gasteiger partial charge in [0.15, 0.2) is 0 Å². The van der Waals surface area contributed by atoms with E-state index in [0.717, 1.165) is 5.57 Å². The molecule has 0 amide bonds. The van der Waals surface area contributed by atoms with Crippen molar-refractivity contribution in [2.24, 2.45) is 5.92 Å². The number of carbonyl (C=O) groups excluding carboxylic acids is 1. The topological polar surface area (TPSA) is 35.5 Å². The Labute approximate surface area is 83.7 Å². The van der Waals surface area contributed by atoms with Crippen LogP contribution in [-0.2, 0) is 14.3 Å². The molecule has 1 rings (SSSR count). The van der Waals surface area contributed by atoms with Gasteiger partial charge in [-0.15, -0.1) is 0 Å². The first-order valence-electron chi connectivity index (χ1n) is 4.42. The van der Waals surface area contributed by atoms with Gasteiger partial charge in [-0.2, -0.15) is 0 Å². The van der Waals surface area contributed by atoms with Crippen molar-refractivity contribution in [3.05, 3.63) is 35.6 Å². The molecule has 0 aromatic heterocycles. The highest BCUT2D eigenvalue weighted by Gasteiger charge is 2.19. The van der Waals surface area contributed by atoms with E-state index in [1.165, 1.54) is 14.2 Å². The van der Waals surface area contributed by atoms with Gasteiger partial charge in [0.25, 0.3) is 0 Å². The second kappa shape index (κ2) is 4.65. The molecule has 14 heavy (non-hydrogen) atoms. The number of rotatable bonds is 2. The molecule has 0 fully saturated rings. The van der Waals surface area contributed by atoms with Crippen LogP contribution in [-0.4, -0.2) is 20.2 Å². The fourth-order valence-electron chi connectivity index (χ4n) is 1.34. The van der Waals surface area contributed by atoms with Crippen molar-refractivity contribution in [2.45, 2.75) is 6.92 Å². The highest BCUT2D eigenvalue weighted by atomic mass is 16.6. The van der Waals surface area contributed by atoms with Crippen molar-refractivity contribution >= 4 is 5.97 Å². The van der Waals surface area contributed by atoms with Gasteiger partial charge < -0.3 is 9.47 Å². The number of ether oxygens (including phenoxy) is 2. The second-order valence-corrected chi connectivity index (χ2v) is 3.01. The lowest BCUT2D eigenvalue weighted by atomic mass is 9.95. The molecule has 76 valence electrons. The van der Waals surface area contributed by atoms with E-state index in [1.54, 1.807) is 0 Å². The minimum absolute atomic E-state index is 0.175. The fourth-order valence-corrected chi connectivity index (χ4v) is 1.34. The lowest BCUT2D eigenvalue weighted by Gasteiger charge is -2.15. The minimum Gasteiger partial charge on any atom is -0.490 e.